The number of hydrogen-bond acceptors (Lipinski definition) is 3. The van der Waals surface area contributed by atoms with Crippen molar-refractivity contribution in [1.82, 2.24) is 9.55 Å². The van der Waals surface area contributed by atoms with Crippen LogP contribution in [0.4, 0.5) is 0 Å². The average molecular weight is 365 g/mol. The fraction of sp³-hybridized carbons (Fsp3) is 0.550. The Morgan fingerprint density at radius 3 is 2.56 bits per heavy atom. The van der Waals surface area contributed by atoms with Gasteiger partial charge in [0.05, 0.1) is 12.9 Å². The molecule has 1 unspecified atom stereocenters. The molecule has 0 aliphatic carbocycles. The number of halogens is 1. The highest BCUT2D eigenvalue weighted by molar-refractivity contribution is 6.30. The number of rotatable bonds is 13. The van der Waals surface area contributed by atoms with Gasteiger partial charge in [-0.05, 0) is 30.7 Å². The summed E-state index contributed by atoms with van der Waals surface area (Å²) in [5.41, 5.74) is 0. The predicted octanol–water partition coefficient (Wildman–Crippen LogP) is 5.36. The zero-order valence-electron chi connectivity index (χ0n) is 15.1. The molecule has 0 spiro atoms. The molecule has 1 atom stereocenters. The Balaban J connectivity index is 1.73. The van der Waals surface area contributed by atoms with Gasteiger partial charge in [0.2, 0.25) is 0 Å². The predicted molar refractivity (Wildman–Crippen MR) is 102 cm³/mol. The third kappa shape index (κ3) is 8.41. The first kappa shape index (κ1) is 19.8. The third-order valence-corrected chi connectivity index (χ3v) is 4.33. The number of benzene rings is 1. The van der Waals surface area contributed by atoms with E-state index in [1.165, 1.54) is 32.1 Å². The molecule has 0 radical (unpaired) electrons. The highest BCUT2D eigenvalue weighted by Gasteiger charge is 2.11. The second kappa shape index (κ2) is 11.9. The largest absolute Gasteiger partial charge is 0.491 e. The van der Waals surface area contributed by atoms with Crippen LogP contribution in [-0.2, 0) is 11.3 Å². The van der Waals surface area contributed by atoms with Gasteiger partial charge in [0.25, 0.3) is 0 Å². The first-order valence-electron chi connectivity index (χ1n) is 9.23. The molecule has 138 valence electrons. The van der Waals surface area contributed by atoms with Crippen LogP contribution >= 0.6 is 11.6 Å². The van der Waals surface area contributed by atoms with Crippen molar-refractivity contribution in [1.29, 1.82) is 0 Å². The summed E-state index contributed by atoms with van der Waals surface area (Å²) in [5.74, 6) is 0.809. The van der Waals surface area contributed by atoms with E-state index in [0.717, 1.165) is 25.3 Å². The van der Waals surface area contributed by atoms with Crippen LogP contribution in [0.1, 0.15) is 45.4 Å². The lowest BCUT2D eigenvalue weighted by Crippen LogP contribution is -2.27. The molecule has 2 rings (SSSR count). The van der Waals surface area contributed by atoms with Gasteiger partial charge in [-0.2, -0.15) is 0 Å². The average Bonchev–Trinajstić information content (AvgIpc) is 3.13. The van der Waals surface area contributed by atoms with Crippen LogP contribution in [-0.4, -0.2) is 28.9 Å². The minimum absolute atomic E-state index is 0.000481. The van der Waals surface area contributed by atoms with Crippen molar-refractivity contribution in [2.24, 2.45) is 0 Å². The molecule has 0 bridgehead atoms. The van der Waals surface area contributed by atoms with Crippen molar-refractivity contribution >= 4 is 11.6 Å². The highest BCUT2D eigenvalue weighted by atomic mass is 35.5. The molecule has 0 saturated heterocycles. The fourth-order valence-electron chi connectivity index (χ4n) is 2.64. The van der Waals surface area contributed by atoms with Crippen molar-refractivity contribution < 1.29 is 9.47 Å². The number of unbranched alkanes of at least 4 members (excludes halogenated alkanes) is 5. The SMILES string of the molecule is CCCCCCCCOC(COc1ccc(Cl)cc1)Cn1ccnc1. The first-order chi connectivity index (χ1) is 12.3. The summed E-state index contributed by atoms with van der Waals surface area (Å²) in [5, 5.41) is 0.710. The van der Waals surface area contributed by atoms with E-state index in [1.807, 2.05) is 41.4 Å². The lowest BCUT2D eigenvalue weighted by atomic mass is 10.1. The van der Waals surface area contributed by atoms with Crippen molar-refractivity contribution in [3.05, 3.63) is 48.0 Å². The first-order valence-corrected chi connectivity index (χ1v) is 9.61. The van der Waals surface area contributed by atoms with Crippen LogP contribution in [0.15, 0.2) is 43.0 Å². The van der Waals surface area contributed by atoms with E-state index in [0.29, 0.717) is 11.6 Å². The van der Waals surface area contributed by atoms with Gasteiger partial charge in [-0.3, -0.25) is 0 Å². The minimum atomic E-state index is 0.000481. The molecular weight excluding hydrogens is 336 g/mol. The van der Waals surface area contributed by atoms with Crippen LogP contribution in [0.3, 0.4) is 0 Å². The molecule has 4 nitrogen and oxygen atoms in total. The van der Waals surface area contributed by atoms with Gasteiger partial charge in [-0.1, -0.05) is 50.6 Å². The van der Waals surface area contributed by atoms with Crippen molar-refractivity contribution in [2.75, 3.05) is 13.2 Å². The molecule has 1 heterocycles. The number of hydrogen-bond donors (Lipinski definition) is 0. The zero-order valence-corrected chi connectivity index (χ0v) is 15.8. The Bertz CT molecular complexity index is 558. The van der Waals surface area contributed by atoms with Gasteiger partial charge in [-0.15, -0.1) is 0 Å². The minimum Gasteiger partial charge on any atom is -0.491 e. The summed E-state index contributed by atoms with van der Waals surface area (Å²) < 4.78 is 14.0. The number of imidazole rings is 1. The van der Waals surface area contributed by atoms with Gasteiger partial charge in [0.1, 0.15) is 18.5 Å². The Kier molecular flexibility index (Phi) is 9.45. The van der Waals surface area contributed by atoms with E-state index < -0.39 is 0 Å². The molecule has 25 heavy (non-hydrogen) atoms. The molecule has 0 saturated carbocycles. The van der Waals surface area contributed by atoms with Crippen molar-refractivity contribution in [3.63, 3.8) is 0 Å². The van der Waals surface area contributed by atoms with Crippen LogP contribution in [0, 0.1) is 0 Å². The van der Waals surface area contributed by atoms with Gasteiger partial charge in [-0.25, -0.2) is 4.98 Å². The summed E-state index contributed by atoms with van der Waals surface area (Å²) in [6.07, 6.45) is 13.1. The molecule has 0 aliphatic rings. The van der Waals surface area contributed by atoms with Crippen molar-refractivity contribution in [3.8, 4) is 5.75 Å². The summed E-state index contributed by atoms with van der Waals surface area (Å²) in [4.78, 5) is 4.09. The molecule has 0 amide bonds. The molecule has 2 aromatic rings. The third-order valence-electron chi connectivity index (χ3n) is 4.07. The molecule has 5 heteroatoms. The standard InChI is InChI=1S/C20H29ClN2O2/c1-2-3-4-5-6-7-14-24-20(15-23-13-12-22-17-23)16-25-19-10-8-18(21)9-11-19/h8-13,17,20H,2-7,14-16H2,1H3. The number of nitrogens with zero attached hydrogens (tertiary/aromatic N) is 2. The molecule has 0 N–H and O–H groups in total. The van der Waals surface area contributed by atoms with E-state index in [-0.39, 0.29) is 6.10 Å². The van der Waals surface area contributed by atoms with E-state index in [1.54, 1.807) is 6.20 Å². The lowest BCUT2D eigenvalue weighted by molar-refractivity contribution is 0.00807. The van der Waals surface area contributed by atoms with Crippen LogP contribution < -0.4 is 4.74 Å². The van der Waals surface area contributed by atoms with E-state index >= 15 is 0 Å². The maximum atomic E-state index is 6.07. The fourth-order valence-corrected chi connectivity index (χ4v) is 2.76. The van der Waals surface area contributed by atoms with Crippen molar-refractivity contribution in [2.45, 2.75) is 58.1 Å². The van der Waals surface area contributed by atoms with Gasteiger partial charge in [0, 0.05) is 24.0 Å². The Hall–Kier alpha value is -1.52. The molecular formula is C20H29ClN2O2. The topological polar surface area (TPSA) is 36.3 Å². The maximum Gasteiger partial charge on any atom is 0.119 e. The summed E-state index contributed by atoms with van der Waals surface area (Å²) in [6, 6.07) is 7.42. The van der Waals surface area contributed by atoms with E-state index in [9.17, 15) is 0 Å². The molecule has 1 aromatic heterocycles. The Morgan fingerprint density at radius 1 is 1.08 bits per heavy atom. The Morgan fingerprint density at radius 2 is 1.84 bits per heavy atom. The highest BCUT2D eigenvalue weighted by Crippen LogP contribution is 2.16. The van der Waals surface area contributed by atoms with Gasteiger partial charge in [0.15, 0.2) is 0 Å². The normalized spacial score (nSPS) is 12.2. The van der Waals surface area contributed by atoms with E-state index in [4.69, 9.17) is 21.1 Å². The summed E-state index contributed by atoms with van der Waals surface area (Å²) in [7, 11) is 0. The second-order valence-corrected chi connectivity index (χ2v) is 6.72. The molecule has 0 fully saturated rings. The summed E-state index contributed by atoms with van der Waals surface area (Å²) >= 11 is 5.91. The maximum absolute atomic E-state index is 6.07. The van der Waals surface area contributed by atoms with Crippen LogP contribution in [0.2, 0.25) is 5.02 Å². The van der Waals surface area contributed by atoms with Gasteiger partial charge >= 0.3 is 0 Å². The monoisotopic (exact) mass is 364 g/mol. The molecule has 1 aromatic carbocycles. The van der Waals surface area contributed by atoms with E-state index in [2.05, 4.69) is 11.9 Å². The quantitative estimate of drug-likeness (QED) is 0.449. The number of ether oxygens (including phenoxy) is 2. The second-order valence-electron chi connectivity index (χ2n) is 6.28. The summed E-state index contributed by atoms with van der Waals surface area (Å²) in [6.45, 7) is 4.26. The molecule has 0 aliphatic heterocycles. The van der Waals surface area contributed by atoms with Crippen LogP contribution in [0.5, 0.6) is 5.75 Å². The van der Waals surface area contributed by atoms with Gasteiger partial charge < -0.3 is 14.0 Å². The van der Waals surface area contributed by atoms with Crippen LogP contribution in [0.25, 0.3) is 0 Å². The lowest BCUT2D eigenvalue weighted by Gasteiger charge is -2.19. The smallest absolute Gasteiger partial charge is 0.119 e. The zero-order chi connectivity index (χ0) is 17.7. The number of aromatic nitrogens is 2. The Labute approximate surface area is 156 Å².